The molecule has 4 aliphatic heterocycles. The number of benzene rings is 1. The van der Waals surface area contributed by atoms with Crippen molar-refractivity contribution >= 4 is 28.9 Å². The fourth-order valence-electron chi connectivity index (χ4n) is 4.16. The lowest BCUT2D eigenvalue weighted by Gasteiger charge is -2.32. The van der Waals surface area contributed by atoms with Crippen LogP contribution in [0, 0.1) is 0 Å². The van der Waals surface area contributed by atoms with Crippen molar-refractivity contribution in [2.45, 2.75) is 6.17 Å². The molecular formula is C23H24Cl2N4O. The summed E-state index contributed by atoms with van der Waals surface area (Å²) in [5.41, 5.74) is 5.58. The minimum Gasteiger partial charge on any atom is -0.380 e. The first kappa shape index (κ1) is 19.8. The maximum Gasteiger partial charge on any atom is 0.123 e. The number of fused-ring (bicyclic) bond motifs is 1. The highest BCUT2D eigenvalue weighted by molar-refractivity contribution is 6.32. The topological polar surface area (TPSA) is 39.8 Å². The standard InChI is InChI=1S/C23H24Cl2N4O/c24-18-6-3-16(4-7-18)23-20(15-28-10-12-30-13-11-28)29-14-17(5-8-21(29)27-23)22-19(25)2-1-9-26-22/h1-8,14,21,26-27H,9-13,15H2. The minimum atomic E-state index is 0.0778. The number of hydrogen-bond donors (Lipinski definition) is 2. The van der Waals surface area contributed by atoms with E-state index in [2.05, 4.69) is 50.9 Å². The SMILES string of the molecule is ClC1=C(C2=CN3C(CN4CCOCC4)=C(c4ccc(Cl)cc4)NC3C=C2)NCC=C1. The molecule has 30 heavy (non-hydrogen) atoms. The van der Waals surface area contributed by atoms with E-state index in [-0.39, 0.29) is 6.17 Å². The number of halogens is 2. The Morgan fingerprint density at radius 3 is 2.60 bits per heavy atom. The third kappa shape index (κ3) is 3.91. The molecule has 0 aliphatic carbocycles. The van der Waals surface area contributed by atoms with Crippen LogP contribution in [0.25, 0.3) is 5.70 Å². The van der Waals surface area contributed by atoms with Crippen LogP contribution in [-0.4, -0.2) is 55.4 Å². The lowest BCUT2D eigenvalue weighted by Crippen LogP contribution is -2.41. The Labute approximate surface area is 187 Å². The number of nitrogens with one attached hydrogen (secondary N) is 2. The smallest absolute Gasteiger partial charge is 0.123 e. The van der Waals surface area contributed by atoms with Gasteiger partial charge >= 0.3 is 0 Å². The summed E-state index contributed by atoms with van der Waals surface area (Å²) >= 11 is 12.6. The van der Waals surface area contributed by atoms with Gasteiger partial charge in [-0.2, -0.15) is 0 Å². The van der Waals surface area contributed by atoms with Gasteiger partial charge in [-0.1, -0.05) is 47.5 Å². The first-order valence-corrected chi connectivity index (χ1v) is 11.0. The number of rotatable bonds is 4. The van der Waals surface area contributed by atoms with Crippen molar-refractivity contribution in [3.05, 3.63) is 87.4 Å². The molecule has 4 aliphatic rings. The zero-order chi connectivity index (χ0) is 20.5. The molecule has 0 saturated carbocycles. The summed E-state index contributed by atoms with van der Waals surface area (Å²) < 4.78 is 5.54. The summed E-state index contributed by atoms with van der Waals surface area (Å²) in [5, 5.41) is 8.57. The highest BCUT2D eigenvalue weighted by Crippen LogP contribution is 2.34. The van der Waals surface area contributed by atoms with E-state index in [9.17, 15) is 0 Å². The van der Waals surface area contributed by atoms with Crippen LogP contribution in [0.1, 0.15) is 5.56 Å². The number of morpholine rings is 1. The van der Waals surface area contributed by atoms with Gasteiger partial charge in [0.2, 0.25) is 0 Å². The van der Waals surface area contributed by atoms with Crippen molar-refractivity contribution in [3.63, 3.8) is 0 Å². The quantitative estimate of drug-likeness (QED) is 0.744. The zero-order valence-electron chi connectivity index (χ0n) is 16.6. The molecule has 0 bridgehead atoms. The lowest BCUT2D eigenvalue weighted by molar-refractivity contribution is 0.0401. The molecule has 7 heteroatoms. The largest absolute Gasteiger partial charge is 0.380 e. The molecule has 1 atom stereocenters. The third-order valence-electron chi connectivity index (χ3n) is 5.73. The van der Waals surface area contributed by atoms with E-state index >= 15 is 0 Å². The Bertz CT molecular complexity index is 971. The Kier molecular flexibility index (Phi) is 5.61. The van der Waals surface area contributed by atoms with E-state index in [0.717, 1.165) is 72.0 Å². The fraction of sp³-hybridized carbons (Fsp3) is 0.304. The van der Waals surface area contributed by atoms with Crippen molar-refractivity contribution < 1.29 is 4.74 Å². The monoisotopic (exact) mass is 442 g/mol. The number of allylic oxidation sites excluding steroid dienone is 3. The van der Waals surface area contributed by atoms with Crippen LogP contribution >= 0.6 is 23.2 Å². The summed E-state index contributed by atoms with van der Waals surface area (Å²) in [6.07, 6.45) is 10.6. The van der Waals surface area contributed by atoms with Crippen LogP contribution < -0.4 is 10.6 Å². The number of hydrogen-bond acceptors (Lipinski definition) is 5. The molecule has 1 fully saturated rings. The van der Waals surface area contributed by atoms with Crippen LogP contribution in [0.5, 0.6) is 0 Å². The van der Waals surface area contributed by atoms with Gasteiger partial charge in [0.1, 0.15) is 6.17 Å². The van der Waals surface area contributed by atoms with Gasteiger partial charge in [-0.15, -0.1) is 0 Å². The number of nitrogens with zero attached hydrogens (tertiary/aromatic N) is 2. The molecule has 5 rings (SSSR count). The van der Waals surface area contributed by atoms with Gasteiger partial charge in [0, 0.05) is 43.0 Å². The van der Waals surface area contributed by atoms with Gasteiger partial charge in [0.15, 0.2) is 0 Å². The summed E-state index contributed by atoms with van der Waals surface area (Å²) in [4.78, 5) is 4.77. The van der Waals surface area contributed by atoms with Gasteiger partial charge in [0.05, 0.1) is 35.3 Å². The van der Waals surface area contributed by atoms with Crippen molar-refractivity contribution in [1.29, 1.82) is 0 Å². The van der Waals surface area contributed by atoms with Gasteiger partial charge in [-0.05, 0) is 29.8 Å². The Hall–Kier alpha value is -2.18. The first-order valence-electron chi connectivity index (χ1n) is 10.2. The normalized spacial score (nSPS) is 24.0. The Morgan fingerprint density at radius 1 is 1.03 bits per heavy atom. The first-order chi connectivity index (χ1) is 14.7. The maximum absolute atomic E-state index is 6.47. The molecular weight excluding hydrogens is 419 g/mol. The van der Waals surface area contributed by atoms with Crippen LogP contribution in [-0.2, 0) is 4.74 Å². The highest BCUT2D eigenvalue weighted by atomic mass is 35.5. The summed E-state index contributed by atoms with van der Waals surface area (Å²) in [5.74, 6) is 0. The van der Waals surface area contributed by atoms with Gasteiger partial charge < -0.3 is 20.3 Å². The maximum atomic E-state index is 6.47. The highest BCUT2D eigenvalue weighted by Gasteiger charge is 2.33. The molecule has 1 aromatic carbocycles. The second-order valence-electron chi connectivity index (χ2n) is 7.66. The molecule has 4 heterocycles. The van der Waals surface area contributed by atoms with Crippen LogP contribution in [0.15, 0.2) is 76.8 Å². The molecule has 1 unspecified atom stereocenters. The average Bonchev–Trinajstić information content (AvgIpc) is 3.13. The second-order valence-corrected chi connectivity index (χ2v) is 8.51. The van der Waals surface area contributed by atoms with Crippen molar-refractivity contribution in [1.82, 2.24) is 20.4 Å². The molecule has 156 valence electrons. The van der Waals surface area contributed by atoms with Gasteiger partial charge in [-0.3, -0.25) is 4.90 Å². The fourth-order valence-corrected chi connectivity index (χ4v) is 4.55. The van der Waals surface area contributed by atoms with Crippen LogP contribution in [0.4, 0.5) is 0 Å². The van der Waals surface area contributed by atoms with E-state index in [1.165, 1.54) is 5.70 Å². The van der Waals surface area contributed by atoms with Gasteiger partial charge in [-0.25, -0.2) is 0 Å². The summed E-state index contributed by atoms with van der Waals surface area (Å²) in [6, 6.07) is 8.03. The second kappa shape index (κ2) is 8.52. The van der Waals surface area contributed by atoms with E-state index < -0.39 is 0 Å². The zero-order valence-corrected chi connectivity index (χ0v) is 18.1. The minimum absolute atomic E-state index is 0.0778. The van der Waals surface area contributed by atoms with Crippen molar-refractivity contribution in [3.8, 4) is 0 Å². The lowest BCUT2D eigenvalue weighted by atomic mass is 10.1. The van der Waals surface area contributed by atoms with Crippen LogP contribution in [0.3, 0.4) is 0 Å². The predicted octanol–water partition coefficient (Wildman–Crippen LogP) is 3.64. The van der Waals surface area contributed by atoms with Crippen molar-refractivity contribution in [2.24, 2.45) is 0 Å². The van der Waals surface area contributed by atoms with Crippen LogP contribution in [0.2, 0.25) is 5.02 Å². The molecule has 5 nitrogen and oxygen atoms in total. The van der Waals surface area contributed by atoms with E-state index in [4.69, 9.17) is 27.9 Å². The summed E-state index contributed by atoms with van der Waals surface area (Å²) in [6.45, 7) is 5.06. The third-order valence-corrected chi connectivity index (χ3v) is 6.29. The Balaban J connectivity index is 1.52. The molecule has 0 radical (unpaired) electrons. The number of dihydropyridines is 1. The van der Waals surface area contributed by atoms with Gasteiger partial charge in [0.25, 0.3) is 0 Å². The molecule has 1 aromatic rings. The number of ether oxygens (including phenoxy) is 1. The average molecular weight is 443 g/mol. The molecule has 0 spiro atoms. The molecule has 0 aromatic heterocycles. The molecule has 2 N–H and O–H groups in total. The molecule has 1 saturated heterocycles. The van der Waals surface area contributed by atoms with Crippen molar-refractivity contribution in [2.75, 3.05) is 39.4 Å². The predicted molar refractivity (Wildman–Crippen MR) is 122 cm³/mol. The van der Waals surface area contributed by atoms with E-state index in [1.54, 1.807) is 0 Å². The Morgan fingerprint density at radius 2 is 1.83 bits per heavy atom. The molecule has 0 amide bonds. The summed E-state index contributed by atoms with van der Waals surface area (Å²) in [7, 11) is 0. The van der Waals surface area contributed by atoms with E-state index in [1.807, 2.05) is 24.3 Å². The van der Waals surface area contributed by atoms with E-state index in [0.29, 0.717) is 0 Å².